The molecule has 0 aliphatic carbocycles. The number of nitrogens with one attached hydrogen (secondary N) is 1. The number of benzene rings is 3. The highest BCUT2D eigenvalue weighted by atomic mass is 16.5. The highest BCUT2D eigenvalue weighted by Gasteiger charge is 2.12. The summed E-state index contributed by atoms with van der Waals surface area (Å²) in [6.07, 6.45) is 1.88. The van der Waals surface area contributed by atoms with Gasteiger partial charge in [0, 0.05) is 5.57 Å². The first-order valence-corrected chi connectivity index (χ1v) is 9.96. The zero-order chi connectivity index (χ0) is 21.3. The summed E-state index contributed by atoms with van der Waals surface area (Å²) >= 11 is 0. The minimum absolute atomic E-state index is 0.138. The smallest absolute Gasteiger partial charge is 0.252 e. The van der Waals surface area contributed by atoms with Gasteiger partial charge in [-0.3, -0.25) is 4.79 Å². The number of aryl methyl sites for hydroxylation is 2. The van der Waals surface area contributed by atoms with Gasteiger partial charge in [-0.1, -0.05) is 48.5 Å². The third-order valence-corrected chi connectivity index (χ3v) is 4.89. The number of hydrogen-bond donors (Lipinski definition) is 1. The third kappa shape index (κ3) is 5.74. The van der Waals surface area contributed by atoms with Crippen LogP contribution in [0.1, 0.15) is 22.3 Å². The molecule has 3 aromatic rings. The largest absolute Gasteiger partial charge is 0.497 e. The van der Waals surface area contributed by atoms with Crippen molar-refractivity contribution in [2.45, 2.75) is 13.8 Å². The molecule has 0 aliphatic rings. The minimum Gasteiger partial charge on any atom is -0.497 e. The monoisotopic (exact) mass is 401 g/mol. The molecule has 1 amide bonds. The number of rotatable bonds is 8. The molecule has 0 atom stereocenters. The molecule has 0 bridgehead atoms. The minimum atomic E-state index is -0.138. The standard InChI is InChI=1S/C26H27NO3/c1-19-9-12-24(17-20(19)2)30-16-15-27-26(28)25(22-7-5-4-6-8-22)18-21-10-13-23(29-3)14-11-21/h4-14,17-18H,15-16H2,1-3H3,(H,27,28)/b25-18+. The van der Waals surface area contributed by atoms with Gasteiger partial charge in [0.15, 0.2) is 0 Å². The van der Waals surface area contributed by atoms with Crippen LogP contribution < -0.4 is 14.8 Å². The molecule has 0 spiro atoms. The van der Waals surface area contributed by atoms with E-state index in [4.69, 9.17) is 9.47 Å². The van der Waals surface area contributed by atoms with Crippen molar-refractivity contribution in [2.75, 3.05) is 20.3 Å². The van der Waals surface area contributed by atoms with Crippen molar-refractivity contribution in [1.29, 1.82) is 0 Å². The predicted molar refractivity (Wildman–Crippen MR) is 122 cm³/mol. The fourth-order valence-corrected chi connectivity index (χ4v) is 3.00. The van der Waals surface area contributed by atoms with Gasteiger partial charge >= 0.3 is 0 Å². The van der Waals surface area contributed by atoms with Crippen LogP contribution in [0.2, 0.25) is 0 Å². The van der Waals surface area contributed by atoms with E-state index < -0.39 is 0 Å². The van der Waals surface area contributed by atoms with Crippen molar-refractivity contribution in [3.8, 4) is 11.5 Å². The number of amides is 1. The van der Waals surface area contributed by atoms with Gasteiger partial charge in [-0.15, -0.1) is 0 Å². The summed E-state index contributed by atoms with van der Waals surface area (Å²) < 4.78 is 11.0. The van der Waals surface area contributed by atoms with Crippen LogP contribution in [-0.2, 0) is 4.79 Å². The Hall–Kier alpha value is -3.53. The lowest BCUT2D eigenvalue weighted by Crippen LogP contribution is -2.28. The number of carbonyl (C=O) groups excluding carboxylic acids is 1. The van der Waals surface area contributed by atoms with E-state index in [1.54, 1.807) is 7.11 Å². The summed E-state index contributed by atoms with van der Waals surface area (Å²) in [5.41, 5.74) is 4.81. The van der Waals surface area contributed by atoms with Gasteiger partial charge in [0.1, 0.15) is 18.1 Å². The number of methoxy groups -OCH3 is 1. The maximum Gasteiger partial charge on any atom is 0.252 e. The summed E-state index contributed by atoms with van der Waals surface area (Å²) in [6, 6.07) is 23.3. The van der Waals surface area contributed by atoms with Gasteiger partial charge in [0.25, 0.3) is 5.91 Å². The summed E-state index contributed by atoms with van der Waals surface area (Å²) in [6.45, 7) is 4.94. The molecule has 4 nitrogen and oxygen atoms in total. The molecular formula is C26H27NO3. The molecule has 0 fully saturated rings. The molecule has 0 aromatic heterocycles. The highest BCUT2D eigenvalue weighted by Crippen LogP contribution is 2.20. The van der Waals surface area contributed by atoms with Crippen molar-refractivity contribution in [2.24, 2.45) is 0 Å². The molecule has 3 rings (SSSR count). The van der Waals surface area contributed by atoms with Crippen LogP contribution >= 0.6 is 0 Å². The first kappa shape index (κ1) is 21.2. The van der Waals surface area contributed by atoms with E-state index in [-0.39, 0.29) is 5.91 Å². The van der Waals surface area contributed by atoms with Gasteiger partial charge in [0.2, 0.25) is 0 Å². The maximum atomic E-state index is 12.9. The van der Waals surface area contributed by atoms with E-state index >= 15 is 0 Å². The molecule has 4 heteroatoms. The van der Waals surface area contributed by atoms with E-state index in [1.807, 2.05) is 78.9 Å². The van der Waals surface area contributed by atoms with E-state index in [0.29, 0.717) is 18.7 Å². The van der Waals surface area contributed by atoms with Crippen LogP contribution in [0.25, 0.3) is 11.6 Å². The van der Waals surface area contributed by atoms with E-state index in [2.05, 4.69) is 19.2 Å². The van der Waals surface area contributed by atoms with Gasteiger partial charge in [0.05, 0.1) is 13.7 Å². The second-order valence-corrected chi connectivity index (χ2v) is 7.05. The van der Waals surface area contributed by atoms with Crippen LogP contribution in [0.4, 0.5) is 0 Å². The van der Waals surface area contributed by atoms with E-state index in [1.165, 1.54) is 11.1 Å². The molecule has 1 N–H and O–H groups in total. The highest BCUT2D eigenvalue weighted by molar-refractivity contribution is 6.24. The average molecular weight is 402 g/mol. The number of hydrogen-bond acceptors (Lipinski definition) is 3. The molecule has 0 heterocycles. The molecule has 0 aliphatic heterocycles. The summed E-state index contributed by atoms with van der Waals surface area (Å²) in [4.78, 5) is 12.9. The van der Waals surface area contributed by atoms with Crippen LogP contribution in [-0.4, -0.2) is 26.2 Å². The fourth-order valence-electron chi connectivity index (χ4n) is 3.00. The quantitative estimate of drug-likeness (QED) is 0.326. The normalized spacial score (nSPS) is 11.1. The third-order valence-electron chi connectivity index (χ3n) is 4.89. The number of carbonyl (C=O) groups is 1. The van der Waals surface area contributed by atoms with Gasteiger partial charge < -0.3 is 14.8 Å². The average Bonchev–Trinajstić information content (AvgIpc) is 2.78. The lowest BCUT2D eigenvalue weighted by atomic mass is 10.0. The Morgan fingerprint density at radius 3 is 2.27 bits per heavy atom. The van der Waals surface area contributed by atoms with Gasteiger partial charge in [-0.2, -0.15) is 0 Å². The van der Waals surface area contributed by atoms with Crippen molar-refractivity contribution in [3.05, 3.63) is 95.1 Å². The molecule has 3 aromatic carbocycles. The number of ether oxygens (including phenoxy) is 2. The predicted octanol–water partition coefficient (Wildman–Crippen LogP) is 5.05. The van der Waals surface area contributed by atoms with E-state index in [9.17, 15) is 4.79 Å². The second-order valence-electron chi connectivity index (χ2n) is 7.05. The zero-order valence-electron chi connectivity index (χ0n) is 17.6. The maximum absolute atomic E-state index is 12.9. The Bertz CT molecular complexity index is 1010. The zero-order valence-corrected chi connectivity index (χ0v) is 17.6. The lowest BCUT2D eigenvalue weighted by molar-refractivity contribution is -0.115. The molecule has 0 saturated carbocycles. The van der Waals surface area contributed by atoms with Crippen LogP contribution in [0.5, 0.6) is 11.5 Å². The van der Waals surface area contributed by atoms with Crippen LogP contribution in [0.3, 0.4) is 0 Å². The first-order chi connectivity index (χ1) is 14.6. The van der Waals surface area contributed by atoms with Gasteiger partial charge in [-0.25, -0.2) is 0 Å². The van der Waals surface area contributed by atoms with Gasteiger partial charge in [-0.05, 0) is 66.4 Å². The second kappa shape index (κ2) is 10.3. The summed E-state index contributed by atoms with van der Waals surface area (Å²) in [7, 11) is 1.63. The molecular weight excluding hydrogens is 374 g/mol. The lowest BCUT2D eigenvalue weighted by Gasteiger charge is -2.12. The molecule has 154 valence electrons. The fraction of sp³-hybridized carbons (Fsp3) is 0.192. The Morgan fingerprint density at radius 1 is 0.900 bits per heavy atom. The van der Waals surface area contributed by atoms with Crippen molar-refractivity contribution in [3.63, 3.8) is 0 Å². The van der Waals surface area contributed by atoms with Crippen LogP contribution in [0, 0.1) is 13.8 Å². The SMILES string of the molecule is COc1ccc(/C=C(/C(=O)NCCOc2ccc(C)c(C)c2)c2ccccc2)cc1. The molecule has 30 heavy (non-hydrogen) atoms. The van der Waals surface area contributed by atoms with E-state index in [0.717, 1.165) is 22.6 Å². The molecule has 0 saturated heterocycles. The summed E-state index contributed by atoms with van der Waals surface area (Å²) in [5.74, 6) is 1.45. The Morgan fingerprint density at radius 2 is 1.60 bits per heavy atom. The Labute approximate surface area is 178 Å². The Kier molecular flexibility index (Phi) is 7.28. The topological polar surface area (TPSA) is 47.6 Å². The van der Waals surface area contributed by atoms with Crippen molar-refractivity contribution >= 4 is 17.6 Å². The Balaban J connectivity index is 1.67. The molecule has 0 unspecified atom stereocenters. The molecule has 0 radical (unpaired) electrons. The van der Waals surface area contributed by atoms with Crippen molar-refractivity contribution in [1.82, 2.24) is 5.32 Å². The van der Waals surface area contributed by atoms with Crippen LogP contribution in [0.15, 0.2) is 72.8 Å². The van der Waals surface area contributed by atoms with Crippen molar-refractivity contribution < 1.29 is 14.3 Å². The summed E-state index contributed by atoms with van der Waals surface area (Å²) in [5, 5.41) is 2.96. The first-order valence-electron chi connectivity index (χ1n) is 9.96.